The molecule has 0 bridgehead atoms. The molecule has 3 aromatic heterocycles. The number of ether oxygens (including phenoxy) is 3. The zero-order chi connectivity index (χ0) is 29.1. The van der Waals surface area contributed by atoms with Crippen LogP contribution in [0.25, 0.3) is 21.6 Å². The van der Waals surface area contributed by atoms with E-state index in [1.165, 1.54) is 4.88 Å². The molecule has 3 fully saturated rings. The van der Waals surface area contributed by atoms with Gasteiger partial charge in [0.2, 0.25) is 11.9 Å². The molecule has 42 heavy (non-hydrogen) atoms. The Balaban J connectivity index is 1.11. The lowest BCUT2D eigenvalue weighted by Crippen LogP contribution is -2.46. The van der Waals surface area contributed by atoms with Gasteiger partial charge < -0.3 is 29.7 Å². The standard InChI is InChI=1S/C29H40N8O4S/c1-39-28(40-2)20-5-9-37(10-6-20)27(38)19-3-7-35(8-4-19)18-22-15-23-24(42-22)26(36-11-13-41-14-12-36)34-25(33-23)21-16-31-29(30)32-17-21/h15-17,19-20,28H,3-14,18H2,1-2H3,(H2,30,31,32). The summed E-state index contributed by atoms with van der Waals surface area (Å²) in [5.41, 5.74) is 7.37. The summed E-state index contributed by atoms with van der Waals surface area (Å²) in [5.74, 6) is 2.51. The van der Waals surface area contributed by atoms with Gasteiger partial charge in [-0.2, -0.15) is 0 Å². The highest BCUT2D eigenvalue weighted by atomic mass is 32.1. The van der Waals surface area contributed by atoms with Crippen molar-refractivity contribution in [2.24, 2.45) is 11.8 Å². The first kappa shape index (κ1) is 29.1. The maximum atomic E-state index is 13.3. The molecule has 3 saturated heterocycles. The molecule has 0 aliphatic carbocycles. The Hall–Kier alpha value is -2.97. The number of fused-ring (bicyclic) bond motifs is 1. The van der Waals surface area contributed by atoms with Gasteiger partial charge in [-0.25, -0.2) is 19.9 Å². The van der Waals surface area contributed by atoms with Gasteiger partial charge in [-0.15, -0.1) is 11.3 Å². The highest BCUT2D eigenvalue weighted by molar-refractivity contribution is 7.19. The normalized spacial score (nSPS) is 19.7. The molecule has 0 aromatic carbocycles. The van der Waals surface area contributed by atoms with Crippen LogP contribution in [0.1, 0.15) is 30.6 Å². The van der Waals surface area contributed by atoms with Crippen LogP contribution in [0.2, 0.25) is 0 Å². The minimum atomic E-state index is -0.186. The number of thiophene rings is 1. The second-order valence-corrected chi connectivity index (χ2v) is 12.4. The summed E-state index contributed by atoms with van der Waals surface area (Å²) in [6.07, 6.45) is 6.78. The van der Waals surface area contributed by atoms with E-state index in [4.69, 9.17) is 29.9 Å². The van der Waals surface area contributed by atoms with Crippen molar-refractivity contribution in [2.75, 3.05) is 77.3 Å². The zero-order valence-corrected chi connectivity index (χ0v) is 25.2. The predicted molar refractivity (Wildman–Crippen MR) is 161 cm³/mol. The first-order valence-electron chi connectivity index (χ1n) is 14.8. The fraction of sp³-hybridized carbons (Fsp3) is 0.621. The largest absolute Gasteiger partial charge is 0.378 e. The molecule has 0 atom stereocenters. The summed E-state index contributed by atoms with van der Waals surface area (Å²) >= 11 is 1.76. The third-order valence-corrected chi connectivity index (χ3v) is 9.77. The second-order valence-electron chi connectivity index (χ2n) is 11.3. The number of morpholine rings is 1. The molecular formula is C29H40N8O4S. The maximum absolute atomic E-state index is 13.3. The minimum absolute atomic E-state index is 0.101. The first-order chi connectivity index (χ1) is 20.5. The fourth-order valence-electron chi connectivity index (χ4n) is 6.30. The molecule has 2 N–H and O–H groups in total. The lowest BCUT2D eigenvalue weighted by atomic mass is 9.91. The fourth-order valence-corrected chi connectivity index (χ4v) is 7.46. The Morgan fingerprint density at radius 1 is 1.02 bits per heavy atom. The summed E-state index contributed by atoms with van der Waals surface area (Å²) in [5, 5.41) is 0. The number of nitrogen functional groups attached to an aromatic ring is 1. The van der Waals surface area contributed by atoms with E-state index < -0.39 is 0 Å². The number of amides is 1. The molecular weight excluding hydrogens is 556 g/mol. The number of piperidine rings is 2. The molecule has 6 heterocycles. The quantitative estimate of drug-likeness (QED) is 0.385. The van der Waals surface area contributed by atoms with E-state index in [0.717, 1.165) is 93.1 Å². The molecule has 6 rings (SSSR count). The molecule has 3 aliphatic heterocycles. The third kappa shape index (κ3) is 6.35. The minimum Gasteiger partial charge on any atom is -0.378 e. The Morgan fingerprint density at radius 2 is 1.71 bits per heavy atom. The highest BCUT2D eigenvalue weighted by Gasteiger charge is 2.33. The van der Waals surface area contributed by atoms with Gasteiger partial charge >= 0.3 is 0 Å². The lowest BCUT2D eigenvalue weighted by molar-refractivity contribution is -0.155. The second kappa shape index (κ2) is 13.1. The van der Waals surface area contributed by atoms with Crippen LogP contribution in [0.4, 0.5) is 11.8 Å². The number of hydrogen-bond acceptors (Lipinski definition) is 12. The van der Waals surface area contributed by atoms with E-state index in [1.54, 1.807) is 38.0 Å². The topological polar surface area (TPSA) is 132 Å². The van der Waals surface area contributed by atoms with Crippen molar-refractivity contribution in [3.05, 3.63) is 23.3 Å². The molecule has 3 aromatic rings. The monoisotopic (exact) mass is 596 g/mol. The van der Waals surface area contributed by atoms with Crippen molar-refractivity contribution in [3.63, 3.8) is 0 Å². The van der Waals surface area contributed by atoms with E-state index in [9.17, 15) is 4.79 Å². The number of nitrogens with two attached hydrogens (primary N) is 1. The van der Waals surface area contributed by atoms with Crippen LogP contribution in [-0.2, 0) is 25.5 Å². The maximum Gasteiger partial charge on any atom is 0.225 e. The average molecular weight is 597 g/mol. The van der Waals surface area contributed by atoms with E-state index >= 15 is 0 Å². The van der Waals surface area contributed by atoms with E-state index in [1.807, 2.05) is 0 Å². The number of carbonyl (C=O) groups excluding carboxylic acids is 1. The van der Waals surface area contributed by atoms with Gasteiger partial charge in [0, 0.05) is 76.1 Å². The molecule has 1 amide bonds. The Kier molecular flexibility index (Phi) is 9.10. The van der Waals surface area contributed by atoms with Crippen LogP contribution in [-0.4, -0.2) is 109 Å². The van der Waals surface area contributed by atoms with Crippen LogP contribution >= 0.6 is 11.3 Å². The van der Waals surface area contributed by atoms with E-state index in [2.05, 4.69) is 30.7 Å². The lowest BCUT2D eigenvalue weighted by Gasteiger charge is -2.38. The van der Waals surface area contributed by atoms with Gasteiger partial charge in [-0.1, -0.05) is 0 Å². The Labute approximate surface area is 250 Å². The summed E-state index contributed by atoms with van der Waals surface area (Å²) in [7, 11) is 3.37. The van der Waals surface area contributed by atoms with Crippen molar-refractivity contribution in [3.8, 4) is 11.4 Å². The van der Waals surface area contributed by atoms with Crippen molar-refractivity contribution in [1.82, 2.24) is 29.7 Å². The van der Waals surface area contributed by atoms with Gasteiger partial charge in [0.05, 0.1) is 29.0 Å². The molecule has 12 nitrogen and oxygen atoms in total. The van der Waals surface area contributed by atoms with Gasteiger partial charge in [0.1, 0.15) is 0 Å². The average Bonchev–Trinajstić information content (AvgIpc) is 3.44. The van der Waals surface area contributed by atoms with Gasteiger partial charge in [-0.05, 0) is 44.8 Å². The molecule has 0 radical (unpaired) electrons. The third-order valence-electron chi connectivity index (χ3n) is 8.66. The summed E-state index contributed by atoms with van der Waals surface area (Å²) in [4.78, 5) is 39.5. The number of nitrogens with zero attached hydrogens (tertiary/aromatic N) is 7. The van der Waals surface area contributed by atoms with Crippen molar-refractivity contribution < 1.29 is 19.0 Å². The van der Waals surface area contributed by atoms with Gasteiger partial charge in [0.25, 0.3) is 0 Å². The van der Waals surface area contributed by atoms with Crippen LogP contribution in [0.3, 0.4) is 0 Å². The SMILES string of the molecule is COC(OC)C1CCN(C(=O)C2CCN(Cc3cc4nc(-c5cnc(N)nc5)nc(N5CCOCC5)c4s3)CC2)CC1. The number of carbonyl (C=O) groups is 1. The van der Waals surface area contributed by atoms with E-state index in [-0.39, 0.29) is 18.2 Å². The predicted octanol–water partition coefficient (Wildman–Crippen LogP) is 2.64. The zero-order valence-electron chi connectivity index (χ0n) is 24.4. The molecule has 3 aliphatic rings. The molecule has 0 unspecified atom stereocenters. The van der Waals surface area contributed by atoms with Crippen LogP contribution < -0.4 is 10.6 Å². The van der Waals surface area contributed by atoms with Crippen molar-refractivity contribution in [2.45, 2.75) is 38.5 Å². The number of methoxy groups -OCH3 is 2. The van der Waals surface area contributed by atoms with E-state index in [0.29, 0.717) is 30.9 Å². The van der Waals surface area contributed by atoms with Crippen LogP contribution in [0.5, 0.6) is 0 Å². The van der Waals surface area contributed by atoms with Gasteiger partial charge in [-0.3, -0.25) is 9.69 Å². The smallest absolute Gasteiger partial charge is 0.225 e. The van der Waals surface area contributed by atoms with Crippen molar-refractivity contribution >= 4 is 39.2 Å². The summed E-state index contributed by atoms with van der Waals surface area (Å²) < 4.78 is 17.6. The molecule has 0 saturated carbocycles. The number of hydrogen-bond donors (Lipinski definition) is 1. The number of rotatable bonds is 8. The molecule has 13 heteroatoms. The summed E-state index contributed by atoms with van der Waals surface area (Å²) in [6, 6.07) is 2.18. The Bertz CT molecular complexity index is 1350. The number of aromatic nitrogens is 4. The van der Waals surface area contributed by atoms with Crippen LogP contribution in [0, 0.1) is 11.8 Å². The first-order valence-corrected chi connectivity index (χ1v) is 15.6. The highest BCUT2D eigenvalue weighted by Crippen LogP contribution is 2.35. The Morgan fingerprint density at radius 3 is 2.38 bits per heavy atom. The number of anilines is 2. The number of likely N-dealkylation sites (tertiary alicyclic amines) is 2. The molecule has 226 valence electrons. The summed E-state index contributed by atoms with van der Waals surface area (Å²) in [6.45, 7) is 7.15. The van der Waals surface area contributed by atoms with Crippen LogP contribution in [0.15, 0.2) is 18.5 Å². The van der Waals surface area contributed by atoms with Crippen molar-refractivity contribution in [1.29, 1.82) is 0 Å². The van der Waals surface area contributed by atoms with Gasteiger partial charge in [0.15, 0.2) is 17.9 Å². The molecule has 0 spiro atoms.